The highest BCUT2D eigenvalue weighted by atomic mass is 16.4. The van der Waals surface area contributed by atoms with Crippen LogP contribution in [0.2, 0.25) is 0 Å². The molecule has 9 nitrogen and oxygen atoms in total. The highest BCUT2D eigenvalue weighted by molar-refractivity contribution is 5.87. The van der Waals surface area contributed by atoms with E-state index >= 15 is 0 Å². The summed E-state index contributed by atoms with van der Waals surface area (Å²) in [6.45, 7) is 0. The molecule has 1 rings (SSSR count). The molecule has 20 heavy (non-hydrogen) atoms. The van der Waals surface area contributed by atoms with Crippen LogP contribution in [0.25, 0.3) is 0 Å². The van der Waals surface area contributed by atoms with Crippen LogP contribution >= 0.6 is 0 Å². The van der Waals surface area contributed by atoms with Crippen molar-refractivity contribution in [2.45, 2.75) is 31.3 Å². The minimum Gasteiger partial charge on any atom is -0.480 e. The number of carbonyl (C=O) groups excluding carboxylic acids is 2. The Kier molecular flexibility index (Phi) is 5.66. The second kappa shape index (κ2) is 7.24. The van der Waals surface area contributed by atoms with Crippen molar-refractivity contribution < 1.29 is 19.5 Å². The van der Waals surface area contributed by atoms with Gasteiger partial charge >= 0.3 is 5.97 Å². The number of primary amides is 1. The lowest BCUT2D eigenvalue weighted by Gasteiger charge is -2.16. The highest BCUT2D eigenvalue weighted by Gasteiger charge is 2.24. The summed E-state index contributed by atoms with van der Waals surface area (Å²) in [5, 5.41) is 11.4. The summed E-state index contributed by atoms with van der Waals surface area (Å²) in [4.78, 5) is 40.0. The molecule has 0 spiro atoms. The molecule has 7 N–H and O–H groups in total. The van der Waals surface area contributed by atoms with Gasteiger partial charge in [0.1, 0.15) is 6.04 Å². The lowest BCUT2D eigenvalue weighted by atomic mass is 10.1. The van der Waals surface area contributed by atoms with Crippen LogP contribution in [0, 0.1) is 0 Å². The van der Waals surface area contributed by atoms with Crippen LogP contribution in [0.1, 0.15) is 18.5 Å². The van der Waals surface area contributed by atoms with Crippen molar-refractivity contribution in [1.29, 1.82) is 0 Å². The monoisotopic (exact) mass is 283 g/mol. The Hall–Kier alpha value is -2.42. The first-order valence-electron chi connectivity index (χ1n) is 5.95. The van der Waals surface area contributed by atoms with E-state index in [1.807, 2.05) is 0 Å². The van der Waals surface area contributed by atoms with Gasteiger partial charge in [-0.2, -0.15) is 0 Å². The number of carbonyl (C=O) groups is 3. The van der Waals surface area contributed by atoms with Gasteiger partial charge in [0, 0.05) is 19.0 Å². The zero-order valence-corrected chi connectivity index (χ0v) is 10.7. The molecule has 0 saturated heterocycles. The fourth-order valence-electron chi connectivity index (χ4n) is 1.52. The molecule has 2 atom stereocenters. The zero-order chi connectivity index (χ0) is 15.1. The molecule has 0 fully saturated rings. The Morgan fingerprint density at radius 3 is 2.65 bits per heavy atom. The molecule has 1 aromatic heterocycles. The largest absolute Gasteiger partial charge is 0.480 e. The van der Waals surface area contributed by atoms with Crippen molar-refractivity contribution in [1.82, 2.24) is 15.3 Å². The average molecular weight is 283 g/mol. The summed E-state index contributed by atoms with van der Waals surface area (Å²) in [6.07, 6.45) is 3.01. The molecule has 0 aliphatic carbocycles. The number of hydrogen-bond donors (Lipinski definition) is 5. The molecule has 0 aromatic carbocycles. The molecule has 0 radical (unpaired) electrons. The Morgan fingerprint density at radius 1 is 1.45 bits per heavy atom. The van der Waals surface area contributed by atoms with Gasteiger partial charge in [0.2, 0.25) is 11.8 Å². The van der Waals surface area contributed by atoms with Crippen molar-refractivity contribution in [3.63, 3.8) is 0 Å². The van der Waals surface area contributed by atoms with Gasteiger partial charge in [0.25, 0.3) is 0 Å². The van der Waals surface area contributed by atoms with Crippen LogP contribution in [0.4, 0.5) is 0 Å². The Morgan fingerprint density at radius 2 is 2.15 bits per heavy atom. The number of carboxylic acids is 1. The predicted octanol–water partition coefficient (Wildman–Crippen LogP) is -1.89. The van der Waals surface area contributed by atoms with Gasteiger partial charge in [-0.25, -0.2) is 9.78 Å². The molecule has 1 heterocycles. The molecule has 0 aliphatic heterocycles. The normalized spacial score (nSPS) is 13.4. The number of rotatable bonds is 8. The van der Waals surface area contributed by atoms with E-state index in [0.717, 1.165) is 0 Å². The maximum atomic E-state index is 11.7. The van der Waals surface area contributed by atoms with E-state index in [9.17, 15) is 14.4 Å². The molecule has 0 aliphatic rings. The number of aliphatic carboxylic acids is 1. The first-order chi connectivity index (χ1) is 9.40. The smallest absolute Gasteiger partial charge is 0.326 e. The van der Waals surface area contributed by atoms with Crippen molar-refractivity contribution >= 4 is 17.8 Å². The third kappa shape index (κ3) is 5.06. The van der Waals surface area contributed by atoms with Crippen LogP contribution < -0.4 is 16.8 Å². The molecule has 110 valence electrons. The standard InChI is InChI=1S/C11H17N5O4/c12-7(1-2-9(13)17)10(18)16-8(11(19)20)3-6-4-14-5-15-6/h4-5,7-8H,1-3,12H2,(H2,13,17)(H,14,15)(H,16,18)(H,19,20)/t7-,8-/m0/s1. The molecular weight excluding hydrogens is 266 g/mol. The first-order valence-corrected chi connectivity index (χ1v) is 5.95. The minimum atomic E-state index is -1.19. The number of aromatic nitrogens is 2. The van der Waals surface area contributed by atoms with E-state index in [2.05, 4.69) is 15.3 Å². The molecular formula is C11H17N5O4. The van der Waals surface area contributed by atoms with E-state index in [1.165, 1.54) is 12.5 Å². The summed E-state index contributed by atoms with van der Waals surface area (Å²) in [6, 6.07) is -2.12. The van der Waals surface area contributed by atoms with E-state index in [0.29, 0.717) is 5.69 Å². The summed E-state index contributed by atoms with van der Waals surface area (Å²) in [5.74, 6) is -2.41. The summed E-state index contributed by atoms with van der Waals surface area (Å²) in [5.41, 5.74) is 11.0. The Labute approximate surface area is 114 Å². The first kappa shape index (κ1) is 15.6. The number of carboxylic acid groups (broad SMARTS) is 1. The number of hydrogen-bond acceptors (Lipinski definition) is 5. The molecule has 0 unspecified atom stereocenters. The van der Waals surface area contributed by atoms with Crippen LogP contribution in [0.5, 0.6) is 0 Å². The molecule has 9 heteroatoms. The lowest BCUT2D eigenvalue weighted by molar-refractivity contribution is -0.142. The van der Waals surface area contributed by atoms with E-state index in [-0.39, 0.29) is 19.3 Å². The quantitative estimate of drug-likeness (QED) is 0.374. The van der Waals surface area contributed by atoms with E-state index in [1.54, 1.807) is 0 Å². The molecule has 2 amide bonds. The summed E-state index contributed by atoms with van der Waals surface area (Å²) >= 11 is 0. The van der Waals surface area contributed by atoms with Gasteiger partial charge in [-0.05, 0) is 6.42 Å². The Bertz CT molecular complexity index is 473. The van der Waals surface area contributed by atoms with Gasteiger partial charge < -0.3 is 26.9 Å². The summed E-state index contributed by atoms with van der Waals surface area (Å²) in [7, 11) is 0. The third-order valence-electron chi connectivity index (χ3n) is 2.62. The van der Waals surface area contributed by atoms with Crippen LogP contribution in [-0.4, -0.2) is 44.9 Å². The van der Waals surface area contributed by atoms with Crippen LogP contribution in [0.3, 0.4) is 0 Å². The van der Waals surface area contributed by atoms with Gasteiger partial charge in [0.15, 0.2) is 0 Å². The number of H-pyrrole nitrogens is 1. The number of nitrogens with zero attached hydrogens (tertiary/aromatic N) is 1. The highest BCUT2D eigenvalue weighted by Crippen LogP contribution is 2.01. The molecule has 0 bridgehead atoms. The Balaban J connectivity index is 2.54. The topological polar surface area (TPSA) is 164 Å². The van der Waals surface area contributed by atoms with E-state index in [4.69, 9.17) is 16.6 Å². The fraction of sp³-hybridized carbons (Fsp3) is 0.455. The third-order valence-corrected chi connectivity index (χ3v) is 2.62. The number of amides is 2. The number of nitrogens with two attached hydrogens (primary N) is 2. The number of imidazole rings is 1. The maximum Gasteiger partial charge on any atom is 0.326 e. The zero-order valence-electron chi connectivity index (χ0n) is 10.7. The van der Waals surface area contributed by atoms with Gasteiger partial charge in [0.05, 0.1) is 18.1 Å². The van der Waals surface area contributed by atoms with Crippen molar-refractivity contribution in [2.75, 3.05) is 0 Å². The van der Waals surface area contributed by atoms with Gasteiger partial charge in [-0.1, -0.05) is 0 Å². The van der Waals surface area contributed by atoms with Crippen molar-refractivity contribution in [3.8, 4) is 0 Å². The number of nitrogens with one attached hydrogen (secondary N) is 2. The fourth-order valence-corrected chi connectivity index (χ4v) is 1.52. The average Bonchev–Trinajstić information content (AvgIpc) is 2.87. The van der Waals surface area contributed by atoms with Crippen molar-refractivity contribution in [2.24, 2.45) is 11.5 Å². The summed E-state index contributed by atoms with van der Waals surface area (Å²) < 4.78 is 0. The lowest BCUT2D eigenvalue weighted by Crippen LogP contribution is -2.49. The SMILES string of the molecule is NC(=O)CC[C@H](N)C(=O)N[C@@H](Cc1c[nH]cn1)C(=O)O. The van der Waals surface area contributed by atoms with Gasteiger partial charge in [-0.15, -0.1) is 0 Å². The van der Waals surface area contributed by atoms with E-state index < -0.39 is 29.9 Å². The van der Waals surface area contributed by atoms with Crippen molar-refractivity contribution in [3.05, 3.63) is 18.2 Å². The maximum absolute atomic E-state index is 11.7. The second-order valence-corrected chi connectivity index (χ2v) is 4.28. The number of aromatic amines is 1. The van der Waals surface area contributed by atoms with Crippen LogP contribution in [0.15, 0.2) is 12.5 Å². The second-order valence-electron chi connectivity index (χ2n) is 4.28. The van der Waals surface area contributed by atoms with Crippen LogP contribution in [-0.2, 0) is 20.8 Å². The van der Waals surface area contributed by atoms with Gasteiger partial charge in [-0.3, -0.25) is 9.59 Å². The predicted molar refractivity (Wildman–Crippen MR) is 68.3 cm³/mol. The molecule has 0 saturated carbocycles. The molecule has 1 aromatic rings. The minimum absolute atomic E-state index is 0.0348.